The highest BCUT2D eigenvalue weighted by Crippen LogP contribution is 2.24. The molecule has 0 aliphatic carbocycles. The number of benzene rings is 1. The topological polar surface area (TPSA) is 43.8 Å². The van der Waals surface area contributed by atoms with Gasteiger partial charge in [0.1, 0.15) is 11.6 Å². The Bertz CT molecular complexity index is 502. The van der Waals surface area contributed by atoms with Gasteiger partial charge < -0.3 is 5.73 Å². The van der Waals surface area contributed by atoms with Gasteiger partial charge in [0.15, 0.2) is 0 Å². The second kappa shape index (κ2) is 4.57. The van der Waals surface area contributed by atoms with Gasteiger partial charge in [-0.05, 0) is 31.0 Å². The van der Waals surface area contributed by atoms with Gasteiger partial charge in [0.25, 0.3) is 0 Å². The Balaban J connectivity index is 2.39. The van der Waals surface area contributed by atoms with E-state index in [1.165, 1.54) is 12.1 Å². The van der Waals surface area contributed by atoms with Crippen LogP contribution in [0.4, 0.5) is 10.2 Å². The van der Waals surface area contributed by atoms with Crippen LogP contribution in [-0.4, -0.2) is 9.78 Å². The Morgan fingerprint density at radius 2 is 2.00 bits per heavy atom. The van der Waals surface area contributed by atoms with Gasteiger partial charge in [0, 0.05) is 6.07 Å². The van der Waals surface area contributed by atoms with Crippen molar-refractivity contribution < 1.29 is 4.39 Å². The van der Waals surface area contributed by atoms with Crippen LogP contribution in [-0.2, 0) is 0 Å². The van der Waals surface area contributed by atoms with Crippen molar-refractivity contribution in [3.63, 3.8) is 0 Å². The van der Waals surface area contributed by atoms with E-state index in [1.807, 2.05) is 13.0 Å². The quantitative estimate of drug-likeness (QED) is 0.885. The number of anilines is 1. The predicted octanol–water partition coefficient (Wildman–Crippen LogP) is 2.91. The van der Waals surface area contributed by atoms with Gasteiger partial charge in [-0.15, -0.1) is 0 Å². The molecule has 90 valence electrons. The summed E-state index contributed by atoms with van der Waals surface area (Å²) in [6.07, 6.45) is 0.858. The Kier molecular flexibility index (Phi) is 3.13. The first-order chi connectivity index (χ1) is 8.11. The van der Waals surface area contributed by atoms with Crippen molar-refractivity contribution in [2.45, 2.75) is 26.3 Å². The van der Waals surface area contributed by atoms with Crippen LogP contribution in [0.1, 0.15) is 30.6 Å². The number of nitrogens with zero attached hydrogens (tertiary/aromatic N) is 2. The molecule has 2 N–H and O–H groups in total. The van der Waals surface area contributed by atoms with Crippen molar-refractivity contribution >= 4 is 5.82 Å². The van der Waals surface area contributed by atoms with Gasteiger partial charge in [-0.25, -0.2) is 9.07 Å². The number of nitrogens with two attached hydrogens (primary N) is 1. The minimum Gasteiger partial charge on any atom is -0.384 e. The first-order valence-corrected chi connectivity index (χ1v) is 5.69. The lowest BCUT2D eigenvalue weighted by Gasteiger charge is -2.17. The number of nitrogen functional groups attached to an aromatic ring is 1. The Hall–Kier alpha value is -1.84. The number of aromatic nitrogens is 2. The molecule has 0 spiro atoms. The van der Waals surface area contributed by atoms with Crippen molar-refractivity contribution in [1.29, 1.82) is 0 Å². The minimum absolute atomic E-state index is 0.0595. The molecule has 0 fully saturated rings. The average Bonchev–Trinajstić information content (AvgIpc) is 2.62. The molecule has 2 rings (SSSR count). The minimum atomic E-state index is -0.228. The Labute approximate surface area is 100 Å². The Morgan fingerprint density at radius 3 is 2.47 bits per heavy atom. The van der Waals surface area contributed by atoms with E-state index in [1.54, 1.807) is 16.8 Å². The van der Waals surface area contributed by atoms with E-state index < -0.39 is 0 Å². The zero-order chi connectivity index (χ0) is 12.4. The highest BCUT2D eigenvalue weighted by Gasteiger charge is 2.15. The van der Waals surface area contributed by atoms with Crippen LogP contribution in [0, 0.1) is 12.7 Å². The number of hydrogen-bond acceptors (Lipinski definition) is 2. The lowest BCUT2D eigenvalue weighted by atomic mass is 10.0. The highest BCUT2D eigenvalue weighted by atomic mass is 19.1. The van der Waals surface area contributed by atoms with Crippen molar-refractivity contribution in [3.05, 3.63) is 47.4 Å². The first kappa shape index (κ1) is 11.6. The van der Waals surface area contributed by atoms with Crippen LogP contribution in [0.2, 0.25) is 0 Å². The molecule has 0 saturated carbocycles. The first-order valence-electron chi connectivity index (χ1n) is 5.69. The molecule has 1 atom stereocenters. The van der Waals surface area contributed by atoms with Crippen molar-refractivity contribution in [3.8, 4) is 0 Å². The number of hydrogen-bond donors (Lipinski definition) is 1. The van der Waals surface area contributed by atoms with Gasteiger partial charge in [-0.1, -0.05) is 19.1 Å². The fourth-order valence-corrected chi connectivity index (χ4v) is 2.02. The SMILES string of the molecule is CCC(c1ccc(F)cc1)n1nc(C)cc1N. The van der Waals surface area contributed by atoms with E-state index in [-0.39, 0.29) is 11.9 Å². The fraction of sp³-hybridized carbons (Fsp3) is 0.308. The maximum Gasteiger partial charge on any atom is 0.123 e. The molecule has 0 radical (unpaired) electrons. The second-order valence-electron chi connectivity index (χ2n) is 4.13. The van der Waals surface area contributed by atoms with E-state index in [9.17, 15) is 4.39 Å². The van der Waals surface area contributed by atoms with Crippen LogP contribution in [0.5, 0.6) is 0 Å². The normalized spacial score (nSPS) is 12.6. The summed E-state index contributed by atoms with van der Waals surface area (Å²) in [5, 5.41) is 4.38. The lowest BCUT2D eigenvalue weighted by Crippen LogP contribution is -2.14. The lowest BCUT2D eigenvalue weighted by molar-refractivity contribution is 0.512. The average molecular weight is 233 g/mol. The van der Waals surface area contributed by atoms with E-state index in [4.69, 9.17) is 5.73 Å². The van der Waals surface area contributed by atoms with E-state index in [0.29, 0.717) is 5.82 Å². The van der Waals surface area contributed by atoms with Gasteiger partial charge in [-0.2, -0.15) is 5.10 Å². The third kappa shape index (κ3) is 2.30. The molecule has 1 heterocycles. The Morgan fingerprint density at radius 1 is 1.35 bits per heavy atom. The summed E-state index contributed by atoms with van der Waals surface area (Å²) in [6, 6.07) is 8.38. The largest absolute Gasteiger partial charge is 0.384 e. The third-order valence-corrected chi connectivity index (χ3v) is 2.82. The molecule has 0 saturated heterocycles. The van der Waals surface area contributed by atoms with Gasteiger partial charge in [-0.3, -0.25) is 0 Å². The summed E-state index contributed by atoms with van der Waals surface area (Å²) in [7, 11) is 0. The summed E-state index contributed by atoms with van der Waals surface area (Å²) in [5.74, 6) is 0.409. The van der Waals surface area contributed by atoms with Crippen LogP contribution in [0.15, 0.2) is 30.3 Å². The number of rotatable bonds is 3. The molecular weight excluding hydrogens is 217 g/mol. The van der Waals surface area contributed by atoms with Crippen LogP contribution < -0.4 is 5.73 Å². The molecule has 3 nitrogen and oxygen atoms in total. The van der Waals surface area contributed by atoms with Crippen LogP contribution >= 0.6 is 0 Å². The van der Waals surface area contributed by atoms with Crippen molar-refractivity contribution in [2.24, 2.45) is 0 Å². The predicted molar refractivity (Wildman–Crippen MR) is 66.2 cm³/mol. The summed E-state index contributed by atoms with van der Waals surface area (Å²) in [6.45, 7) is 3.97. The molecule has 1 unspecified atom stereocenters. The molecule has 4 heteroatoms. The standard InChI is InChI=1S/C13H16FN3/c1-3-12(10-4-6-11(14)7-5-10)17-13(15)8-9(2)16-17/h4-8,12H,3,15H2,1-2H3. The molecule has 0 aliphatic rings. The van der Waals surface area contributed by atoms with E-state index in [2.05, 4.69) is 12.0 Å². The summed E-state index contributed by atoms with van der Waals surface area (Å²) >= 11 is 0. The fourth-order valence-electron chi connectivity index (χ4n) is 2.02. The maximum absolute atomic E-state index is 12.9. The molecule has 0 amide bonds. The molecule has 1 aromatic heterocycles. The zero-order valence-corrected chi connectivity index (χ0v) is 10.0. The number of halogens is 1. The van der Waals surface area contributed by atoms with Crippen molar-refractivity contribution in [1.82, 2.24) is 9.78 Å². The van der Waals surface area contributed by atoms with Gasteiger partial charge in [0.05, 0.1) is 11.7 Å². The second-order valence-corrected chi connectivity index (χ2v) is 4.13. The van der Waals surface area contributed by atoms with Crippen LogP contribution in [0.3, 0.4) is 0 Å². The molecule has 0 bridgehead atoms. The summed E-state index contributed by atoms with van der Waals surface area (Å²) in [4.78, 5) is 0. The van der Waals surface area contributed by atoms with E-state index >= 15 is 0 Å². The van der Waals surface area contributed by atoms with Gasteiger partial charge in [0.2, 0.25) is 0 Å². The monoisotopic (exact) mass is 233 g/mol. The number of aryl methyl sites for hydroxylation is 1. The zero-order valence-electron chi connectivity index (χ0n) is 10.0. The van der Waals surface area contributed by atoms with Crippen molar-refractivity contribution in [2.75, 3.05) is 5.73 Å². The molecule has 0 aliphatic heterocycles. The van der Waals surface area contributed by atoms with E-state index in [0.717, 1.165) is 17.7 Å². The molecule has 17 heavy (non-hydrogen) atoms. The molecular formula is C13H16FN3. The molecule has 2 aromatic rings. The summed E-state index contributed by atoms with van der Waals surface area (Å²) in [5.41, 5.74) is 7.82. The third-order valence-electron chi connectivity index (χ3n) is 2.82. The van der Waals surface area contributed by atoms with Gasteiger partial charge >= 0.3 is 0 Å². The highest BCUT2D eigenvalue weighted by molar-refractivity contribution is 5.33. The smallest absolute Gasteiger partial charge is 0.123 e. The molecule has 1 aromatic carbocycles. The van der Waals surface area contributed by atoms with Crippen LogP contribution in [0.25, 0.3) is 0 Å². The summed E-state index contributed by atoms with van der Waals surface area (Å²) < 4.78 is 14.7. The maximum atomic E-state index is 12.9.